The molecule has 0 heterocycles. The minimum Gasteiger partial charge on any atom is -0.385 e. The molecule has 0 aromatic heterocycles. The number of sulfonamides is 1. The molecule has 0 radical (unpaired) electrons. The van der Waals surface area contributed by atoms with Crippen LogP contribution in [0.15, 0.2) is 83.8 Å². The zero-order valence-corrected chi connectivity index (χ0v) is 14.9. The van der Waals surface area contributed by atoms with E-state index in [-0.39, 0.29) is 4.90 Å². The van der Waals surface area contributed by atoms with E-state index in [1.807, 2.05) is 36.4 Å². The zero-order valence-electron chi connectivity index (χ0n) is 14.1. The summed E-state index contributed by atoms with van der Waals surface area (Å²) in [5.41, 5.74) is 2.41. The van der Waals surface area contributed by atoms with Gasteiger partial charge >= 0.3 is 0 Å². The standard InChI is InChI=1S/C21H19NO3S/c23-21(13-14-21)18-7-4-8-19(15-18)22-26(24,25)20-11-9-17(10-12-20)16-5-2-1-3-6-16/h1-12,15,22-23H,13-14H2. The van der Waals surface area contributed by atoms with Gasteiger partial charge in [-0.2, -0.15) is 0 Å². The minimum atomic E-state index is -3.69. The van der Waals surface area contributed by atoms with Crippen molar-refractivity contribution in [2.45, 2.75) is 23.3 Å². The molecular weight excluding hydrogens is 346 g/mol. The Morgan fingerprint density at radius 2 is 1.46 bits per heavy atom. The third-order valence-electron chi connectivity index (χ3n) is 4.65. The summed E-state index contributed by atoms with van der Waals surface area (Å²) in [6, 6.07) is 23.6. The van der Waals surface area contributed by atoms with Gasteiger partial charge in [0.25, 0.3) is 10.0 Å². The van der Waals surface area contributed by atoms with Gasteiger partial charge in [0.2, 0.25) is 0 Å². The van der Waals surface area contributed by atoms with Crippen molar-refractivity contribution in [3.05, 3.63) is 84.4 Å². The summed E-state index contributed by atoms with van der Waals surface area (Å²) in [4.78, 5) is 0.202. The molecule has 3 aromatic carbocycles. The first-order valence-corrected chi connectivity index (χ1v) is 9.96. The Morgan fingerprint density at radius 3 is 2.12 bits per heavy atom. The molecule has 1 aliphatic rings. The zero-order chi connectivity index (χ0) is 18.2. The number of nitrogens with one attached hydrogen (secondary N) is 1. The van der Waals surface area contributed by atoms with Crippen molar-refractivity contribution in [3.63, 3.8) is 0 Å². The Labute approximate surface area is 153 Å². The molecule has 0 aliphatic heterocycles. The summed E-state index contributed by atoms with van der Waals surface area (Å²) < 4.78 is 27.9. The van der Waals surface area contributed by atoms with Crippen LogP contribution in [0.1, 0.15) is 18.4 Å². The lowest BCUT2D eigenvalue weighted by Gasteiger charge is -2.12. The van der Waals surface area contributed by atoms with Crippen molar-refractivity contribution in [1.82, 2.24) is 0 Å². The summed E-state index contributed by atoms with van der Waals surface area (Å²) in [5.74, 6) is 0. The largest absolute Gasteiger partial charge is 0.385 e. The molecule has 5 heteroatoms. The van der Waals surface area contributed by atoms with E-state index in [0.29, 0.717) is 18.5 Å². The van der Waals surface area contributed by atoms with Crippen molar-refractivity contribution in [3.8, 4) is 11.1 Å². The van der Waals surface area contributed by atoms with Gasteiger partial charge in [-0.15, -0.1) is 0 Å². The van der Waals surface area contributed by atoms with Crippen LogP contribution in [0.2, 0.25) is 0 Å². The number of hydrogen-bond acceptors (Lipinski definition) is 3. The second-order valence-corrected chi connectivity index (χ2v) is 8.29. The molecule has 4 nitrogen and oxygen atoms in total. The Bertz CT molecular complexity index is 1020. The summed E-state index contributed by atoms with van der Waals surface area (Å²) >= 11 is 0. The molecule has 0 spiro atoms. The highest BCUT2D eigenvalue weighted by molar-refractivity contribution is 7.92. The number of aliphatic hydroxyl groups is 1. The second kappa shape index (κ2) is 6.27. The van der Waals surface area contributed by atoms with Crippen LogP contribution in [0.5, 0.6) is 0 Å². The van der Waals surface area contributed by atoms with Crippen LogP contribution in [0, 0.1) is 0 Å². The van der Waals surface area contributed by atoms with E-state index in [4.69, 9.17) is 0 Å². The predicted molar refractivity (Wildman–Crippen MR) is 102 cm³/mol. The van der Waals surface area contributed by atoms with E-state index in [1.54, 1.807) is 42.5 Å². The van der Waals surface area contributed by atoms with Crippen LogP contribution in [0.25, 0.3) is 11.1 Å². The van der Waals surface area contributed by atoms with Crippen molar-refractivity contribution < 1.29 is 13.5 Å². The Balaban J connectivity index is 1.57. The van der Waals surface area contributed by atoms with Gasteiger partial charge in [0, 0.05) is 5.69 Å². The molecule has 0 atom stereocenters. The van der Waals surface area contributed by atoms with Crippen LogP contribution < -0.4 is 4.72 Å². The average Bonchev–Trinajstić information content (AvgIpc) is 3.41. The maximum absolute atomic E-state index is 12.7. The van der Waals surface area contributed by atoms with E-state index < -0.39 is 15.6 Å². The molecule has 2 N–H and O–H groups in total. The fraction of sp³-hybridized carbons (Fsp3) is 0.143. The summed E-state index contributed by atoms with van der Waals surface area (Å²) in [7, 11) is -3.69. The quantitative estimate of drug-likeness (QED) is 0.714. The third kappa shape index (κ3) is 3.36. The molecular formula is C21H19NO3S. The summed E-state index contributed by atoms with van der Waals surface area (Å²) in [6.45, 7) is 0. The topological polar surface area (TPSA) is 66.4 Å². The Morgan fingerprint density at radius 1 is 0.808 bits per heavy atom. The molecule has 1 fully saturated rings. The fourth-order valence-electron chi connectivity index (χ4n) is 2.95. The van der Waals surface area contributed by atoms with Crippen molar-refractivity contribution in [1.29, 1.82) is 0 Å². The molecule has 132 valence electrons. The van der Waals surface area contributed by atoms with E-state index >= 15 is 0 Å². The maximum atomic E-state index is 12.7. The van der Waals surface area contributed by atoms with Gasteiger partial charge in [0.1, 0.15) is 0 Å². The SMILES string of the molecule is O=S(=O)(Nc1cccc(C2(O)CC2)c1)c1ccc(-c2ccccc2)cc1. The normalized spacial score (nSPS) is 15.4. The third-order valence-corrected chi connectivity index (χ3v) is 6.04. The maximum Gasteiger partial charge on any atom is 0.261 e. The molecule has 1 saturated carbocycles. The van der Waals surface area contributed by atoms with E-state index in [9.17, 15) is 13.5 Å². The predicted octanol–water partition coefficient (Wildman–Crippen LogP) is 4.14. The van der Waals surface area contributed by atoms with Gasteiger partial charge in [-0.25, -0.2) is 8.42 Å². The number of anilines is 1. The van der Waals surface area contributed by atoms with Gasteiger partial charge in [-0.05, 0) is 53.8 Å². The van der Waals surface area contributed by atoms with Gasteiger partial charge in [-0.3, -0.25) is 4.72 Å². The fourth-order valence-corrected chi connectivity index (χ4v) is 4.00. The van der Waals surface area contributed by atoms with Crippen molar-refractivity contribution in [2.75, 3.05) is 4.72 Å². The van der Waals surface area contributed by atoms with Crippen LogP contribution in [0.4, 0.5) is 5.69 Å². The molecule has 0 amide bonds. The van der Waals surface area contributed by atoms with Gasteiger partial charge in [0.05, 0.1) is 10.5 Å². The van der Waals surface area contributed by atoms with Gasteiger partial charge < -0.3 is 5.11 Å². The highest BCUT2D eigenvalue weighted by atomic mass is 32.2. The smallest absolute Gasteiger partial charge is 0.261 e. The highest BCUT2D eigenvalue weighted by Gasteiger charge is 2.42. The molecule has 1 aliphatic carbocycles. The molecule has 3 aromatic rings. The lowest BCUT2D eigenvalue weighted by atomic mass is 10.1. The summed E-state index contributed by atoms with van der Waals surface area (Å²) in [6.07, 6.45) is 1.42. The first-order chi connectivity index (χ1) is 12.5. The number of benzene rings is 3. The van der Waals surface area contributed by atoms with Crippen LogP contribution in [0.3, 0.4) is 0 Å². The first kappa shape index (κ1) is 16.8. The monoisotopic (exact) mass is 365 g/mol. The lowest BCUT2D eigenvalue weighted by molar-refractivity contribution is 0.151. The van der Waals surface area contributed by atoms with Crippen molar-refractivity contribution >= 4 is 15.7 Å². The molecule has 0 unspecified atom stereocenters. The molecule has 0 saturated heterocycles. The van der Waals surface area contributed by atoms with E-state index in [2.05, 4.69) is 4.72 Å². The van der Waals surface area contributed by atoms with Crippen LogP contribution >= 0.6 is 0 Å². The van der Waals surface area contributed by atoms with Crippen molar-refractivity contribution in [2.24, 2.45) is 0 Å². The van der Waals surface area contributed by atoms with E-state index in [1.165, 1.54) is 0 Å². The van der Waals surface area contributed by atoms with Crippen LogP contribution in [-0.4, -0.2) is 13.5 Å². The lowest BCUT2D eigenvalue weighted by Crippen LogP contribution is -2.13. The second-order valence-electron chi connectivity index (χ2n) is 6.61. The molecule has 4 rings (SSSR count). The summed E-state index contributed by atoms with van der Waals surface area (Å²) in [5, 5.41) is 10.2. The van der Waals surface area contributed by atoms with E-state index in [0.717, 1.165) is 16.7 Å². The van der Waals surface area contributed by atoms with Gasteiger partial charge in [0.15, 0.2) is 0 Å². The molecule has 0 bridgehead atoms. The number of hydrogen-bond donors (Lipinski definition) is 2. The Hall–Kier alpha value is -2.63. The first-order valence-electron chi connectivity index (χ1n) is 8.48. The highest BCUT2D eigenvalue weighted by Crippen LogP contribution is 2.45. The Kier molecular flexibility index (Phi) is 4.05. The van der Waals surface area contributed by atoms with Crippen LogP contribution in [-0.2, 0) is 15.6 Å². The average molecular weight is 365 g/mol. The minimum absolute atomic E-state index is 0.202. The number of rotatable bonds is 5. The van der Waals surface area contributed by atoms with Gasteiger partial charge in [-0.1, -0.05) is 54.6 Å². The molecule has 26 heavy (non-hydrogen) atoms.